The highest BCUT2D eigenvalue weighted by molar-refractivity contribution is 5.93. The van der Waals surface area contributed by atoms with Crippen LogP contribution in [0.15, 0.2) is 22.9 Å². The summed E-state index contributed by atoms with van der Waals surface area (Å²) in [5.41, 5.74) is 0.330. The molecule has 0 saturated carbocycles. The van der Waals surface area contributed by atoms with Crippen molar-refractivity contribution in [3.63, 3.8) is 0 Å². The molecule has 158 valence electrons. The first-order chi connectivity index (χ1) is 13.9. The molecule has 5 saturated heterocycles. The standard InChI is InChI=1S/C22H29NO6/c1-5-6-7-21-14-8-12-15-10(2)17(18-16(26-4)11(3)20(25)27-18)29-22(15,28-14)19(21)13(24)9-23(12)21/h10,12-15,19,24H,5-9H2,1-4H3/t10-,12+,13-,14+,15+,19-,21-,22+/m0/s1. The number of allylic oxidation sites excluding steroid dienone is 1. The zero-order valence-electron chi connectivity index (χ0n) is 17.4. The van der Waals surface area contributed by atoms with Crippen molar-refractivity contribution < 1.29 is 28.8 Å². The van der Waals surface area contributed by atoms with Gasteiger partial charge in [0.1, 0.15) is 5.76 Å². The topological polar surface area (TPSA) is 77.5 Å². The van der Waals surface area contributed by atoms with E-state index in [9.17, 15) is 9.90 Å². The number of ether oxygens (including phenoxy) is 4. The molecule has 7 heteroatoms. The molecule has 29 heavy (non-hydrogen) atoms. The maximum atomic E-state index is 12.2. The van der Waals surface area contributed by atoms with Crippen LogP contribution in [0.4, 0.5) is 0 Å². The third kappa shape index (κ3) is 1.81. The Bertz CT molecular complexity index is 865. The van der Waals surface area contributed by atoms with Crippen molar-refractivity contribution in [2.75, 3.05) is 13.7 Å². The van der Waals surface area contributed by atoms with Crippen LogP contribution in [-0.4, -0.2) is 59.2 Å². The van der Waals surface area contributed by atoms with Gasteiger partial charge in [0.25, 0.3) is 0 Å². The minimum atomic E-state index is -0.836. The molecule has 5 bridgehead atoms. The van der Waals surface area contributed by atoms with Crippen molar-refractivity contribution in [1.29, 1.82) is 0 Å². The molecule has 6 aliphatic rings. The molecule has 0 radical (unpaired) electrons. The lowest BCUT2D eigenvalue weighted by Crippen LogP contribution is -2.62. The number of carbonyl (C=O) groups is 1. The molecule has 9 atom stereocenters. The summed E-state index contributed by atoms with van der Waals surface area (Å²) in [6, 6.07) is 0.320. The van der Waals surface area contributed by atoms with Crippen LogP contribution in [0.2, 0.25) is 0 Å². The average molecular weight is 403 g/mol. The second-order valence-corrected chi connectivity index (χ2v) is 9.58. The molecule has 0 amide bonds. The SMILES string of the molecule is CCCC[C@]12[C@@H]3[C@@H](O)CN1[C@@H]1C[C@H]2O[C@]32OC(=C3OC(=O)C(C)=C3OC)[C@@H](C)[C@H]12. The number of methoxy groups -OCH3 is 1. The number of piperidine rings is 1. The van der Waals surface area contributed by atoms with Gasteiger partial charge in [0.05, 0.1) is 42.3 Å². The Labute approximate surface area is 170 Å². The van der Waals surface area contributed by atoms with Gasteiger partial charge in [-0.15, -0.1) is 0 Å². The monoisotopic (exact) mass is 403 g/mol. The van der Waals surface area contributed by atoms with Crippen molar-refractivity contribution in [1.82, 2.24) is 4.90 Å². The number of hydrogen-bond donors (Lipinski definition) is 1. The first kappa shape index (κ1) is 18.2. The van der Waals surface area contributed by atoms with E-state index in [0.29, 0.717) is 35.4 Å². The van der Waals surface area contributed by atoms with Crippen LogP contribution in [0, 0.1) is 17.8 Å². The quantitative estimate of drug-likeness (QED) is 0.720. The number of carbonyl (C=O) groups excluding carboxylic acids is 1. The largest absolute Gasteiger partial charge is 0.492 e. The number of unbranched alkanes of at least 4 members (excludes halogenated alkanes) is 1. The predicted molar refractivity (Wildman–Crippen MR) is 101 cm³/mol. The molecule has 1 spiro atoms. The Morgan fingerprint density at radius 1 is 1.38 bits per heavy atom. The fraction of sp³-hybridized carbons (Fsp3) is 0.773. The van der Waals surface area contributed by atoms with Gasteiger partial charge in [0.15, 0.2) is 5.76 Å². The van der Waals surface area contributed by atoms with Gasteiger partial charge in [-0.1, -0.05) is 26.7 Å². The smallest absolute Gasteiger partial charge is 0.343 e. The lowest BCUT2D eigenvalue weighted by molar-refractivity contribution is -0.263. The summed E-state index contributed by atoms with van der Waals surface area (Å²) < 4.78 is 24.4. The van der Waals surface area contributed by atoms with E-state index in [2.05, 4.69) is 18.7 Å². The molecule has 0 aromatic heterocycles. The van der Waals surface area contributed by atoms with Gasteiger partial charge < -0.3 is 24.1 Å². The molecule has 1 unspecified atom stereocenters. The van der Waals surface area contributed by atoms with Gasteiger partial charge in [-0.25, -0.2) is 4.79 Å². The molecule has 0 aliphatic carbocycles. The second kappa shape index (κ2) is 5.56. The highest BCUT2D eigenvalue weighted by Gasteiger charge is 2.86. The van der Waals surface area contributed by atoms with E-state index in [1.807, 2.05) is 0 Å². The Balaban J connectivity index is 1.48. The summed E-state index contributed by atoms with van der Waals surface area (Å²) in [4.78, 5) is 14.7. The Morgan fingerprint density at radius 2 is 2.17 bits per heavy atom. The highest BCUT2D eigenvalue weighted by atomic mass is 16.7. The molecule has 0 aromatic rings. The van der Waals surface area contributed by atoms with Crippen LogP contribution in [0.3, 0.4) is 0 Å². The van der Waals surface area contributed by atoms with Gasteiger partial charge in [0, 0.05) is 18.5 Å². The number of esters is 1. The Hall–Kier alpha value is -1.57. The summed E-state index contributed by atoms with van der Waals surface area (Å²) in [5.74, 6) is 0.275. The molecule has 7 nitrogen and oxygen atoms in total. The normalized spacial score (nSPS) is 53.7. The van der Waals surface area contributed by atoms with Crippen LogP contribution >= 0.6 is 0 Å². The summed E-state index contributed by atoms with van der Waals surface area (Å²) in [6.07, 6.45) is 3.88. The minimum absolute atomic E-state index is 0.0115. The van der Waals surface area contributed by atoms with Crippen molar-refractivity contribution in [2.24, 2.45) is 17.8 Å². The third-order valence-corrected chi connectivity index (χ3v) is 8.52. The number of cyclic esters (lactones) is 1. The molecular formula is C22H29NO6. The number of hydrogen-bond acceptors (Lipinski definition) is 7. The Kier molecular flexibility index (Phi) is 3.49. The van der Waals surface area contributed by atoms with Gasteiger partial charge in [0.2, 0.25) is 11.5 Å². The van der Waals surface area contributed by atoms with E-state index in [-0.39, 0.29) is 29.4 Å². The van der Waals surface area contributed by atoms with E-state index < -0.39 is 17.9 Å². The number of rotatable bonds is 4. The summed E-state index contributed by atoms with van der Waals surface area (Å²) in [6.45, 7) is 6.74. The van der Waals surface area contributed by atoms with Crippen LogP contribution < -0.4 is 0 Å². The highest BCUT2D eigenvalue weighted by Crippen LogP contribution is 2.73. The molecule has 6 heterocycles. The summed E-state index contributed by atoms with van der Waals surface area (Å²) in [5, 5.41) is 11.1. The molecule has 6 rings (SSSR count). The summed E-state index contributed by atoms with van der Waals surface area (Å²) >= 11 is 0. The van der Waals surface area contributed by atoms with E-state index in [4.69, 9.17) is 18.9 Å². The van der Waals surface area contributed by atoms with Crippen LogP contribution in [0.1, 0.15) is 46.5 Å². The number of aliphatic hydroxyl groups excluding tert-OH is 1. The fourth-order valence-corrected chi connectivity index (χ4v) is 7.65. The first-order valence-electron chi connectivity index (χ1n) is 10.9. The predicted octanol–water partition coefficient (Wildman–Crippen LogP) is 2.06. The first-order valence-corrected chi connectivity index (χ1v) is 10.9. The van der Waals surface area contributed by atoms with Crippen molar-refractivity contribution in [3.8, 4) is 0 Å². The van der Waals surface area contributed by atoms with E-state index in [1.165, 1.54) is 0 Å². The van der Waals surface area contributed by atoms with Crippen LogP contribution in [-0.2, 0) is 23.7 Å². The van der Waals surface area contributed by atoms with Crippen molar-refractivity contribution in [3.05, 3.63) is 22.9 Å². The van der Waals surface area contributed by atoms with Gasteiger partial charge in [-0.3, -0.25) is 4.90 Å². The maximum Gasteiger partial charge on any atom is 0.343 e. The molecular weight excluding hydrogens is 374 g/mol. The number of β-amino-alcohol motifs (C(OH)–C–C–N with tert-alkyl or cyclic N) is 1. The molecule has 5 fully saturated rings. The lowest BCUT2D eigenvalue weighted by atomic mass is 9.69. The van der Waals surface area contributed by atoms with Crippen LogP contribution in [0.25, 0.3) is 0 Å². The van der Waals surface area contributed by atoms with Gasteiger partial charge in [-0.2, -0.15) is 0 Å². The number of aliphatic hydroxyl groups is 1. The fourth-order valence-electron chi connectivity index (χ4n) is 7.65. The number of fused-ring (bicyclic) bond motifs is 1. The minimum Gasteiger partial charge on any atom is -0.492 e. The molecule has 1 N–H and O–H groups in total. The van der Waals surface area contributed by atoms with Crippen molar-refractivity contribution in [2.45, 2.75) is 76.0 Å². The third-order valence-electron chi connectivity index (χ3n) is 8.52. The maximum absolute atomic E-state index is 12.2. The second-order valence-electron chi connectivity index (χ2n) is 9.58. The van der Waals surface area contributed by atoms with E-state index in [0.717, 1.165) is 25.7 Å². The lowest BCUT2D eigenvalue weighted by Gasteiger charge is -2.48. The average Bonchev–Trinajstić information content (AvgIpc) is 3.37. The molecule has 6 aliphatic heterocycles. The number of nitrogens with zero attached hydrogens (tertiary/aromatic N) is 1. The van der Waals surface area contributed by atoms with Gasteiger partial charge in [-0.05, 0) is 19.8 Å². The molecule has 0 aromatic carbocycles. The summed E-state index contributed by atoms with van der Waals surface area (Å²) in [7, 11) is 1.54. The van der Waals surface area contributed by atoms with E-state index in [1.54, 1.807) is 14.0 Å². The van der Waals surface area contributed by atoms with Crippen LogP contribution in [0.5, 0.6) is 0 Å². The zero-order chi connectivity index (χ0) is 20.3. The van der Waals surface area contributed by atoms with Gasteiger partial charge >= 0.3 is 5.97 Å². The Morgan fingerprint density at radius 3 is 2.90 bits per heavy atom. The van der Waals surface area contributed by atoms with Crippen molar-refractivity contribution >= 4 is 5.97 Å². The zero-order valence-corrected chi connectivity index (χ0v) is 17.4. The van der Waals surface area contributed by atoms with E-state index >= 15 is 0 Å².